The minimum Gasteiger partial charge on any atom is -0.481 e. The average Bonchev–Trinajstić information content (AvgIpc) is 3.12. The summed E-state index contributed by atoms with van der Waals surface area (Å²) >= 11 is 0. The molecule has 3 N–H and O–H groups in total. The lowest BCUT2D eigenvalue weighted by Crippen LogP contribution is -2.41. The van der Waals surface area contributed by atoms with E-state index in [1.165, 1.54) is 0 Å². The lowest BCUT2D eigenvalue weighted by molar-refractivity contribution is -0.159. The molecule has 0 aliphatic heterocycles. The molecular weight excluding hydrogens is 402 g/mol. The molecule has 3 aromatic rings. The molecule has 0 fully saturated rings. The fourth-order valence-electron chi connectivity index (χ4n) is 4.21. The van der Waals surface area contributed by atoms with E-state index in [1.807, 2.05) is 84.9 Å². The number of nitrogens with two attached hydrogens (primary N) is 1. The van der Waals surface area contributed by atoms with Gasteiger partial charge in [-0.25, -0.2) is 0 Å². The standard InChI is InChI=1S/C27H25NO4/c28-24(16-8-11-18-9-2-1-3-10-18)25(26(29)30)27(31)32-17-23-21-14-6-4-12-19(21)20-13-5-7-15-22(20)23/h1-15,23-25H,16-17,28H2,(H,29,30)/b11-8+/t24-,25-/m1/s1. The highest BCUT2D eigenvalue weighted by molar-refractivity contribution is 5.95. The van der Waals surface area contributed by atoms with Crippen molar-refractivity contribution in [2.24, 2.45) is 11.7 Å². The quantitative estimate of drug-likeness (QED) is 0.409. The topological polar surface area (TPSA) is 89.6 Å². The Balaban J connectivity index is 1.44. The fourth-order valence-corrected chi connectivity index (χ4v) is 4.21. The third-order valence-electron chi connectivity index (χ3n) is 5.82. The Hall–Kier alpha value is -3.70. The first kappa shape index (κ1) is 21.5. The largest absolute Gasteiger partial charge is 0.481 e. The molecule has 0 aromatic heterocycles. The molecule has 0 saturated heterocycles. The van der Waals surface area contributed by atoms with Crippen LogP contribution in [0.15, 0.2) is 84.9 Å². The van der Waals surface area contributed by atoms with Gasteiger partial charge in [0.15, 0.2) is 5.92 Å². The first-order valence-corrected chi connectivity index (χ1v) is 10.6. The zero-order valence-electron chi connectivity index (χ0n) is 17.6. The van der Waals surface area contributed by atoms with Gasteiger partial charge in [-0.1, -0.05) is 91.0 Å². The van der Waals surface area contributed by atoms with Crippen LogP contribution in [-0.2, 0) is 14.3 Å². The lowest BCUT2D eigenvalue weighted by atomic mass is 9.96. The lowest BCUT2D eigenvalue weighted by Gasteiger charge is -2.20. The summed E-state index contributed by atoms with van der Waals surface area (Å²) in [6.07, 6.45) is 3.89. The number of esters is 1. The molecular formula is C27H25NO4. The van der Waals surface area contributed by atoms with Gasteiger partial charge in [0.1, 0.15) is 6.61 Å². The smallest absolute Gasteiger partial charge is 0.321 e. The number of hydrogen-bond donors (Lipinski definition) is 2. The highest BCUT2D eigenvalue weighted by Crippen LogP contribution is 2.44. The van der Waals surface area contributed by atoms with Crippen molar-refractivity contribution in [1.82, 2.24) is 0 Å². The van der Waals surface area contributed by atoms with Crippen molar-refractivity contribution in [3.8, 4) is 11.1 Å². The van der Waals surface area contributed by atoms with Gasteiger partial charge < -0.3 is 15.6 Å². The van der Waals surface area contributed by atoms with Crippen molar-refractivity contribution in [1.29, 1.82) is 0 Å². The number of hydrogen-bond acceptors (Lipinski definition) is 4. The van der Waals surface area contributed by atoms with E-state index in [2.05, 4.69) is 0 Å². The number of carbonyl (C=O) groups is 2. The van der Waals surface area contributed by atoms with Crippen molar-refractivity contribution in [3.05, 3.63) is 102 Å². The SMILES string of the molecule is N[C@H](C/C=C/c1ccccc1)[C@H](C(=O)O)C(=O)OCC1c2ccccc2-c2ccccc21. The van der Waals surface area contributed by atoms with Crippen LogP contribution < -0.4 is 5.73 Å². The van der Waals surface area contributed by atoms with Gasteiger partial charge in [0.25, 0.3) is 0 Å². The van der Waals surface area contributed by atoms with E-state index in [-0.39, 0.29) is 18.9 Å². The van der Waals surface area contributed by atoms with Crippen molar-refractivity contribution >= 4 is 18.0 Å². The molecule has 0 bridgehead atoms. The summed E-state index contributed by atoms with van der Waals surface area (Å²) in [6, 6.07) is 24.7. The summed E-state index contributed by atoms with van der Waals surface area (Å²) in [5.41, 5.74) is 11.4. The number of carboxylic acids is 1. The molecule has 3 aromatic carbocycles. The number of ether oxygens (including phenoxy) is 1. The van der Waals surface area contributed by atoms with Gasteiger partial charge in [-0.2, -0.15) is 0 Å². The van der Waals surface area contributed by atoms with Gasteiger partial charge >= 0.3 is 11.9 Å². The highest BCUT2D eigenvalue weighted by Gasteiger charge is 2.35. The zero-order valence-corrected chi connectivity index (χ0v) is 17.6. The van der Waals surface area contributed by atoms with Gasteiger partial charge in [-0.15, -0.1) is 0 Å². The second-order valence-electron chi connectivity index (χ2n) is 7.89. The molecule has 0 radical (unpaired) electrons. The summed E-state index contributed by atoms with van der Waals surface area (Å²) < 4.78 is 5.53. The van der Waals surface area contributed by atoms with E-state index in [1.54, 1.807) is 6.08 Å². The summed E-state index contributed by atoms with van der Waals surface area (Å²) in [5, 5.41) is 9.63. The van der Waals surface area contributed by atoms with Crippen LogP contribution >= 0.6 is 0 Å². The van der Waals surface area contributed by atoms with Gasteiger partial charge in [0, 0.05) is 12.0 Å². The normalized spacial score (nSPS) is 14.5. The number of rotatable bonds is 8. The third kappa shape index (κ3) is 4.48. The maximum atomic E-state index is 12.7. The number of fused-ring (bicyclic) bond motifs is 3. The number of benzene rings is 3. The first-order chi connectivity index (χ1) is 15.6. The van der Waals surface area contributed by atoms with Gasteiger partial charge in [0.2, 0.25) is 0 Å². The Bertz CT molecular complexity index is 1090. The van der Waals surface area contributed by atoms with Gasteiger partial charge in [0.05, 0.1) is 0 Å². The molecule has 2 atom stereocenters. The van der Waals surface area contributed by atoms with Crippen LogP contribution in [0.4, 0.5) is 0 Å². The summed E-state index contributed by atoms with van der Waals surface area (Å²) in [7, 11) is 0. The molecule has 32 heavy (non-hydrogen) atoms. The number of carboxylic acid groups (broad SMARTS) is 1. The Morgan fingerprint density at radius 3 is 2.06 bits per heavy atom. The van der Waals surface area contributed by atoms with Crippen LogP contribution in [0.3, 0.4) is 0 Å². The van der Waals surface area contributed by atoms with Crippen molar-refractivity contribution in [2.75, 3.05) is 6.61 Å². The highest BCUT2D eigenvalue weighted by atomic mass is 16.5. The minimum absolute atomic E-state index is 0.0726. The van der Waals surface area contributed by atoms with E-state index < -0.39 is 23.9 Å². The molecule has 0 amide bonds. The van der Waals surface area contributed by atoms with Gasteiger partial charge in [-0.3, -0.25) is 9.59 Å². The molecule has 4 rings (SSSR count). The first-order valence-electron chi connectivity index (χ1n) is 10.6. The Morgan fingerprint density at radius 1 is 0.906 bits per heavy atom. The Labute approximate surface area is 187 Å². The zero-order chi connectivity index (χ0) is 22.5. The predicted molar refractivity (Wildman–Crippen MR) is 124 cm³/mol. The Morgan fingerprint density at radius 2 is 1.47 bits per heavy atom. The molecule has 1 aliphatic carbocycles. The molecule has 0 heterocycles. The van der Waals surface area contributed by atoms with E-state index in [4.69, 9.17) is 10.5 Å². The average molecular weight is 428 g/mol. The summed E-state index contributed by atoms with van der Waals surface area (Å²) in [5.74, 6) is -3.64. The predicted octanol–water partition coefficient (Wildman–Crippen LogP) is 4.47. The van der Waals surface area contributed by atoms with Crippen LogP contribution in [0.2, 0.25) is 0 Å². The monoisotopic (exact) mass is 427 g/mol. The molecule has 162 valence electrons. The van der Waals surface area contributed by atoms with Crippen molar-refractivity contribution in [2.45, 2.75) is 18.4 Å². The van der Waals surface area contributed by atoms with Crippen LogP contribution in [-0.4, -0.2) is 29.7 Å². The minimum atomic E-state index is -1.43. The van der Waals surface area contributed by atoms with E-state index >= 15 is 0 Å². The van der Waals surface area contributed by atoms with Crippen LogP contribution in [0.5, 0.6) is 0 Å². The summed E-state index contributed by atoms with van der Waals surface area (Å²) in [4.78, 5) is 24.5. The molecule has 5 nitrogen and oxygen atoms in total. The molecule has 5 heteroatoms. The summed E-state index contributed by atoms with van der Waals surface area (Å²) in [6.45, 7) is 0.0726. The molecule has 0 saturated carbocycles. The number of aliphatic carboxylic acids is 1. The molecule has 0 spiro atoms. The van der Waals surface area contributed by atoms with E-state index in [0.717, 1.165) is 27.8 Å². The fraction of sp³-hybridized carbons (Fsp3) is 0.185. The van der Waals surface area contributed by atoms with E-state index in [9.17, 15) is 14.7 Å². The van der Waals surface area contributed by atoms with E-state index in [0.29, 0.717) is 0 Å². The maximum Gasteiger partial charge on any atom is 0.321 e. The van der Waals surface area contributed by atoms with Gasteiger partial charge in [-0.05, 0) is 34.2 Å². The Kier molecular flexibility index (Phi) is 6.47. The maximum absolute atomic E-state index is 12.7. The van der Waals surface area contributed by atoms with Crippen molar-refractivity contribution < 1.29 is 19.4 Å². The number of carbonyl (C=O) groups excluding carboxylic acids is 1. The molecule has 0 unspecified atom stereocenters. The van der Waals surface area contributed by atoms with Crippen LogP contribution in [0, 0.1) is 5.92 Å². The van der Waals surface area contributed by atoms with Crippen molar-refractivity contribution in [3.63, 3.8) is 0 Å². The second kappa shape index (κ2) is 9.62. The molecule has 1 aliphatic rings. The van der Waals surface area contributed by atoms with Crippen LogP contribution in [0.1, 0.15) is 29.0 Å². The third-order valence-corrected chi connectivity index (χ3v) is 5.82. The second-order valence-corrected chi connectivity index (χ2v) is 7.89. The van der Waals surface area contributed by atoms with Crippen LogP contribution in [0.25, 0.3) is 17.2 Å².